The molecule has 7 heteroatoms. The maximum atomic E-state index is 12.6. The van der Waals surface area contributed by atoms with Crippen molar-refractivity contribution in [2.45, 2.75) is 10.2 Å². The zero-order valence-corrected chi connectivity index (χ0v) is 14.0. The van der Waals surface area contributed by atoms with Gasteiger partial charge in [0.15, 0.2) is 0 Å². The summed E-state index contributed by atoms with van der Waals surface area (Å²) in [6, 6.07) is 12.0. The van der Waals surface area contributed by atoms with Crippen LogP contribution in [-0.2, 0) is 15.3 Å². The topological polar surface area (TPSA) is 64.6 Å². The number of methoxy groups -OCH3 is 1. The first kappa shape index (κ1) is 15.2. The van der Waals surface area contributed by atoms with Crippen molar-refractivity contribution in [2.75, 3.05) is 17.3 Å². The third-order valence-electron chi connectivity index (χ3n) is 3.41. The number of anilines is 1. The van der Waals surface area contributed by atoms with Gasteiger partial charge in [-0.15, -0.1) is 0 Å². The van der Waals surface area contributed by atoms with Crippen molar-refractivity contribution in [3.63, 3.8) is 0 Å². The molecule has 2 aromatic rings. The van der Waals surface area contributed by atoms with E-state index < -0.39 is 10.0 Å². The Bertz CT molecular complexity index is 778. The van der Waals surface area contributed by atoms with Gasteiger partial charge in [-0.1, -0.05) is 23.5 Å². The van der Waals surface area contributed by atoms with E-state index in [1.54, 1.807) is 37.4 Å². The third-order valence-corrected chi connectivity index (χ3v) is 5.92. The number of benzene rings is 2. The van der Waals surface area contributed by atoms with E-state index in [2.05, 4.69) is 4.72 Å². The van der Waals surface area contributed by atoms with Gasteiger partial charge >= 0.3 is 0 Å². The molecule has 0 atom stereocenters. The predicted octanol–water partition coefficient (Wildman–Crippen LogP) is 2.05. The summed E-state index contributed by atoms with van der Waals surface area (Å²) in [6.07, 6.45) is 0. The predicted molar refractivity (Wildman–Crippen MR) is 85.2 cm³/mol. The fourth-order valence-electron chi connectivity index (χ4n) is 2.40. The highest BCUT2D eigenvalue weighted by Crippen LogP contribution is 2.37. The molecule has 0 fully saturated rings. The van der Waals surface area contributed by atoms with Crippen molar-refractivity contribution in [1.29, 1.82) is 0 Å². The van der Waals surface area contributed by atoms with Gasteiger partial charge in [0.05, 0.1) is 7.11 Å². The van der Waals surface area contributed by atoms with Crippen molar-refractivity contribution in [3.05, 3.63) is 48.0 Å². The fourth-order valence-corrected chi connectivity index (χ4v) is 4.71. The number of rotatable bonds is 4. The number of fused-ring (bicyclic) bond motifs is 1. The molecule has 0 saturated heterocycles. The molecule has 0 bridgehead atoms. The Morgan fingerprint density at radius 2 is 1.95 bits per heavy atom. The van der Waals surface area contributed by atoms with Gasteiger partial charge in [0.1, 0.15) is 16.4 Å². The lowest BCUT2D eigenvalue weighted by Gasteiger charge is -2.22. The van der Waals surface area contributed by atoms with E-state index in [-0.39, 0.29) is 20.1 Å². The normalized spacial score (nSPS) is 13.5. The Hall–Kier alpha value is -1.68. The zero-order valence-electron chi connectivity index (χ0n) is 12.1. The van der Waals surface area contributed by atoms with E-state index in [4.69, 9.17) is 9.47 Å². The molecule has 22 heavy (non-hydrogen) atoms. The van der Waals surface area contributed by atoms with Crippen LogP contribution in [0, 0.1) is 0 Å². The van der Waals surface area contributed by atoms with Gasteiger partial charge in [0.2, 0.25) is 0 Å². The first-order chi connectivity index (χ1) is 10.6. The summed E-state index contributed by atoms with van der Waals surface area (Å²) in [5.74, 6) is 1.10. The first-order valence-corrected chi connectivity index (χ1v) is 9.95. The largest absolute Gasteiger partial charge is 0.508 e. The molecule has 0 spiro atoms. The van der Waals surface area contributed by atoms with Gasteiger partial charge in [-0.25, -0.2) is 8.42 Å². The van der Waals surface area contributed by atoms with Crippen LogP contribution in [0.4, 0.5) is 5.69 Å². The number of nitrogens with one attached hydrogen (secondary N) is 1. The van der Waals surface area contributed by atoms with E-state index in [9.17, 15) is 8.42 Å². The lowest BCUT2D eigenvalue weighted by atomic mass is 10.2. The molecule has 1 aliphatic rings. The summed E-state index contributed by atoms with van der Waals surface area (Å²) < 4.78 is 38.9. The number of hydrogen-bond donors (Lipinski definition) is 1. The summed E-state index contributed by atoms with van der Waals surface area (Å²) in [5, 5.41) is 0.827. The van der Waals surface area contributed by atoms with Crippen LogP contribution in [-0.4, -0.2) is 36.2 Å². The van der Waals surface area contributed by atoms with Gasteiger partial charge in [-0.05, 0) is 24.3 Å². The highest BCUT2D eigenvalue weighted by molar-refractivity contribution is 7.92. The molecule has 1 heterocycles. The lowest BCUT2D eigenvalue weighted by molar-refractivity contribution is 0.351. The molecular formula is C15H15AlNO4S. The molecule has 1 aliphatic heterocycles. The van der Waals surface area contributed by atoms with Crippen LogP contribution in [0.5, 0.6) is 11.5 Å². The summed E-state index contributed by atoms with van der Waals surface area (Å²) in [6.45, 7) is 0. The number of ether oxygens (including phenoxy) is 2. The number of hydrogen-bond acceptors (Lipinski definition) is 4. The minimum absolute atomic E-state index is 0.119. The Kier molecular flexibility index (Phi) is 4.30. The molecule has 113 valence electrons. The minimum Gasteiger partial charge on any atom is -0.508 e. The molecule has 5 nitrogen and oxygen atoms in total. The lowest BCUT2D eigenvalue weighted by Crippen LogP contribution is -2.22. The van der Waals surface area contributed by atoms with Crippen LogP contribution in [0.2, 0.25) is 0 Å². The van der Waals surface area contributed by atoms with E-state index >= 15 is 0 Å². The SMILES string of the molecule is COc1ccc(S(=O)(=O)Nc2ccccc2)c2c1[CH2][Al][CH2]O2. The van der Waals surface area contributed by atoms with Gasteiger partial charge < -0.3 is 9.47 Å². The Morgan fingerprint density at radius 1 is 1.18 bits per heavy atom. The quantitative estimate of drug-likeness (QED) is 0.871. The van der Waals surface area contributed by atoms with Crippen LogP contribution in [0.1, 0.15) is 5.56 Å². The molecule has 0 aliphatic carbocycles. The molecule has 1 radical (unpaired) electrons. The number of sulfonamides is 1. The monoisotopic (exact) mass is 332 g/mol. The van der Waals surface area contributed by atoms with E-state index in [1.165, 1.54) is 6.07 Å². The standard InChI is InChI=1S/C15H15NO4S.Al/c1-11-13(19-2)9-10-14(15(11)20-3)21(17,18)16-12-7-5-4-6-8-12;/h4-10,16H,1,3H2,2H3;. The molecule has 0 unspecified atom stereocenters. The van der Waals surface area contributed by atoms with Crippen LogP contribution < -0.4 is 14.2 Å². The Balaban J connectivity index is 2.04. The molecule has 3 rings (SSSR count). The molecule has 0 saturated carbocycles. The molecule has 2 aromatic carbocycles. The zero-order chi connectivity index (χ0) is 15.6. The Morgan fingerprint density at radius 3 is 2.68 bits per heavy atom. The highest BCUT2D eigenvalue weighted by Gasteiger charge is 2.27. The second kappa shape index (κ2) is 6.21. The van der Waals surface area contributed by atoms with Crippen molar-refractivity contribution in [3.8, 4) is 11.5 Å². The smallest absolute Gasteiger partial charge is 0.270 e. The second-order valence-corrected chi connectivity index (χ2v) is 7.82. The molecular weight excluding hydrogens is 317 g/mol. The summed E-state index contributed by atoms with van der Waals surface area (Å²) >= 11 is 0.119. The van der Waals surface area contributed by atoms with Crippen LogP contribution >= 0.6 is 0 Å². The summed E-state index contributed by atoms with van der Waals surface area (Å²) in [5.41, 5.74) is 1.96. The minimum atomic E-state index is -3.70. The molecule has 1 N–H and O–H groups in total. The molecule has 0 aromatic heterocycles. The van der Waals surface area contributed by atoms with E-state index in [0.717, 1.165) is 10.8 Å². The van der Waals surface area contributed by atoms with Crippen molar-refractivity contribution in [2.24, 2.45) is 0 Å². The van der Waals surface area contributed by atoms with Crippen LogP contribution in [0.25, 0.3) is 0 Å². The van der Waals surface area contributed by atoms with Crippen molar-refractivity contribution >= 4 is 30.9 Å². The number of para-hydroxylation sites is 1. The van der Waals surface area contributed by atoms with Crippen molar-refractivity contribution in [1.82, 2.24) is 0 Å². The van der Waals surface area contributed by atoms with Crippen LogP contribution in [0.15, 0.2) is 47.4 Å². The first-order valence-electron chi connectivity index (χ1n) is 6.84. The van der Waals surface area contributed by atoms with Gasteiger partial charge in [0, 0.05) is 16.7 Å². The van der Waals surface area contributed by atoms with E-state index in [0.29, 0.717) is 22.7 Å². The second-order valence-electron chi connectivity index (χ2n) is 4.85. The molecule has 0 amide bonds. The summed E-state index contributed by atoms with van der Waals surface area (Å²) in [4.78, 5) is 0.159. The van der Waals surface area contributed by atoms with E-state index in [1.807, 2.05) is 6.07 Å². The maximum Gasteiger partial charge on any atom is 0.270 e. The fraction of sp³-hybridized carbons (Fsp3) is 0.200. The van der Waals surface area contributed by atoms with Gasteiger partial charge in [-0.2, -0.15) is 0 Å². The van der Waals surface area contributed by atoms with Crippen LogP contribution in [0.3, 0.4) is 0 Å². The highest BCUT2D eigenvalue weighted by atomic mass is 32.2. The maximum absolute atomic E-state index is 12.6. The third kappa shape index (κ3) is 2.93. The average Bonchev–Trinajstić information content (AvgIpc) is 2.54. The van der Waals surface area contributed by atoms with Gasteiger partial charge in [0.25, 0.3) is 25.2 Å². The summed E-state index contributed by atoms with van der Waals surface area (Å²) in [7, 11) is -2.12. The van der Waals surface area contributed by atoms with Crippen molar-refractivity contribution < 1.29 is 17.9 Å². The van der Waals surface area contributed by atoms with Gasteiger partial charge in [-0.3, -0.25) is 4.72 Å². The average molecular weight is 332 g/mol. The Labute approximate surface area is 136 Å².